The Morgan fingerprint density at radius 3 is 2.54 bits per heavy atom. The van der Waals surface area contributed by atoms with E-state index in [4.69, 9.17) is 4.42 Å². The van der Waals surface area contributed by atoms with Gasteiger partial charge >= 0.3 is 0 Å². The number of amides is 2. The van der Waals surface area contributed by atoms with E-state index in [9.17, 15) is 14.7 Å². The van der Waals surface area contributed by atoms with Crippen molar-refractivity contribution in [2.45, 2.75) is 25.3 Å². The first-order valence-electron chi connectivity index (χ1n) is 7.89. The van der Waals surface area contributed by atoms with Crippen molar-refractivity contribution < 1.29 is 19.1 Å². The minimum atomic E-state index is -0.687. The molecule has 0 aliphatic carbocycles. The molecule has 6 heteroatoms. The largest absolute Gasteiger partial charge is 0.459 e. The minimum Gasteiger partial charge on any atom is -0.459 e. The van der Waals surface area contributed by atoms with E-state index in [0.29, 0.717) is 13.0 Å². The van der Waals surface area contributed by atoms with Crippen LogP contribution in [0.5, 0.6) is 0 Å². The summed E-state index contributed by atoms with van der Waals surface area (Å²) in [5.74, 6) is -0.531. The summed E-state index contributed by atoms with van der Waals surface area (Å²) in [6.45, 7) is 2.05. The van der Waals surface area contributed by atoms with Gasteiger partial charge in [-0.15, -0.1) is 0 Å². The van der Waals surface area contributed by atoms with E-state index in [1.165, 1.54) is 12.3 Å². The standard InChI is InChI=1S/C18H22N2O4/c1-13(20-18(23)16-8-5-11-24-16)17(22)19-12-15(9-10-21)14-6-3-2-4-7-14/h2-8,11,13,15,21H,9-10,12H2,1H3,(H,19,22)(H,20,23). The predicted octanol–water partition coefficient (Wildman–Crippen LogP) is 1.68. The van der Waals surface area contributed by atoms with Crippen molar-refractivity contribution in [1.82, 2.24) is 10.6 Å². The van der Waals surface area contributed by atoms with Gasteiger partial charge in [-0.3, -0.25) is 9.59 Å². The topological polar surface area (TPSA) is 91.6 Å². The number of aliphatic hydroxyl groups is 1. The molecule has 0 aliphatic heterocycles. The molecule has 0 radical (unpaired) electrons. The monoisotopic (exact) mass is 330 g/mol. The molecule has 1 aromatic heterocycles. The smallest absolute Gasteiger partial charge is 0.287 e. The molecule has 128 valence electrons. The van der Waals surface area contributed by atoms with E-state index in [1.54, 1.807) is 13.0 Å². The van der Waals surface area contributed by atoms with Gasteiger partial charge < -0.3 is 20.2 Å². The highest BCUT2D eigenvalue weighted by atomic mass is 16.3. The quantitative estimate of drug-likeness (QED) is 0.687. The van der Waals surface area contributed by atoms with Crippen LogP contribution in [0.25, 0.3) is 0 Å². The van der Waals surface area contributed by atoms with Crippen LogP contribution in [-0.2, 0) is 4.79 Å². The molecular formula is C18H22N2O4. The predicted molar refractivity (Wildman–Crippen MR) is 89.5 cm³/mol. The average Bonchev–Trinajstić information content (AvgIpc) is 3.13. The Hall–Kier alpha value is -2.60. The first kappa shape index (κ1) is 17.7. The maximum atomic E-state index is 12.2. The molecule has 2 amide bonds. The SMILES string of the molecule is CC(NC(=O)c1ccco1)C(=O)NCC(CCO)c1ccccc1. The van der Waals surface area contributed by atoms with Crippen molar-refractivity contribution in [3.8, 4) is 0 Å². The first-order valence-corrected chi connectivity index (χ1v) is 7.89. The molecule has 0 saturated carbocycles. The van der Waals surface area contributed by atoms with Gasteiger partial charge in [0, 0.05) is 19.1 Å². The lowest BCUT2D eigenvalue weighted by atomic mass is 9.96. The molecule has 2 atom stereocenters. The lowest BCUT2D eigenvalue weighted by Gasteiger charge is -2.19. The lowest BCUT2D eigenvalue weighted by molar-refractivity contribution is -0.122. The highest BCUT2D eigenvalue weighted by Gasteiger charge is 2.19. The van der Waals surface area contributed by atoms with Crippen LogP contribution in [0.15, 0.2) is 53.1 Å². The Morgan fingerprint density at radius 1 is 1.17 bits per heavy atom. The molecule has 0 fully saturated rings. The Labute approximate surface area is 140 Å². The zero-order valence-electron chi connectivity index (χ0n) is 13.6. The van der Waals surface area contributed by atoms with Crippen molar-refractivity contribution in [2.24, 2.45) is 0 Å². The highest BCUT2D eigenvalue weighted by molar-refractivity contribution is 5.95. The number of rotatable bonds is 8. The van der Waals surface area contributed by atoms with Crippen LogP contribution in [-0.4, -0.2) is 36.1 Å². The van der Waals surface area contributed by atoms with E-state index >= 15 is 0 Å². The van der Waals surface area contributed by atoms with Crippen LogP contribution < -0.4 is 10.6 Å². The summed E-state index contributed by atoms with van der Waals surface area (Å²) in [6.07, 6.45) is 1.95. The Kier molecular flexibility index (Phi) is 6.57. The maximum absolute atomic E-state index is 12.2. The molecule has 2 unspecified atom stereocenters. The van der Waals surface area contributed by atoms with E-state index in [1.807, 2.05) is 30.3 Å². The number of hydrogen-bond donors (Lipinski definition) is 3. The van der Waals surface area contributed by atoms with Gasteiger partial charge in [0.1, 0.15) is 6.04 Å². The average molecular weight is 330 g/mol. The van der Waals surface area contributed by atoms with Gasteiger partial charge in [0.25, 0.3) is 5.91 Å². The van der Waals surface area contributed by atoms with E-state index in [0.717, 1.165) is 5.56 Å². The molecule has 1 heterocycles. The van der Waals surface area contributed by atoms with Gasteiger partial charge in [0.15, 0.2) is 5.76 Å². The number of furan rings is 1. The third-order valence-corrected chi connectivity index (χ3v) is 3.76. The fourth-order valence-electron chi connectivity index (χ4n) is 2.39. The summed E-state index contributed by atoms with van der Waals surface area (Å²) in [5, 5.41) is 14.6. The van der Waals surface area contributed by atoms with Gasteiger partial charge in [-0.25, -0.2) is 0 Å². The third-order valence-electron chi connectivity index (χ3n) is 3.76. The Balaban J connectivity index is 1.87. The summed E-state index contributed by atoms with van der Waals surface area (Å²) in [6, 6.07) is 12.2. The minimum absolute atomic E-state index is 0.0214. The normalized spacial score (nSPS) is 13.1. The number of hydrogen-bond acceptors (Lipinski definition) is 4. The van der Waals surface area contributed by atoms with Crippen LogP contribution in [0, 0.1) is 0 Å². The zero-order chi connectivity index (χ0) is 17.4. The first-order chi connectivity index (χ1) is 11.6. The van der Waals surface area contributed by atoms with Crippen LogP contribution in [0.2, 0.25) is 0 Å². The summed E-state index contributed by atoms with van der Waals surface area (Å²) in [5.41, 5.74) is 1.05. The molecule has 2 rings (SSSR count). The highest BCUT2D eigenvalue weighted by Crippen LogP contribution is 2.18. The van der Waals surface area contributed by atoms with Gasteiger partial charge in [-0.05, 0) is 31.0 Å². The van der Waals surface area contributed by atoms with Crippen LogP contribution >= 0.6 is 0 Å². The van der Waals surface area contributed by atoms with Crippen molar-refractivity contribution >= 4 is 11.8 Å². The summed E-state index contributed by atoms with van der Waals surface area (Å²) in [7, 11) is 0. The van der Waals surface area contributed by atoms with Crippen molar-refractivity contribution in [3.05, 3.63) is 60.1 Å². The molecule has 0 bridgehead atoms. The Bertz CT molecular complexity index is 640. The fourth-order valence-corrected chi connectivity index (χ4v) is 2.39. The second-order valence-corrected chi connectivity index (χ2v) is 5.54. The molecule has 0 spiro atoms. The molecule has 2 aromatic rings. The maximum Gasteiger partial charge on any atom is 0.287 e. The van der Waals surface area contributed by atoms with Gasteiger partial charge in [0.05, 0.1) is 6.26 Å². The molecule has 3 N–H and O–H groups in total. The fraction of sp³-hybridized carbons (Fsp3) is 0.333. The van der Waals surface area contributed by atoms with Gasteiger partial charge in [-0.2, -0.15) is 0 Å². The van der Waals surface area contributed by atoms with E-state index in [-0.39, 0.29) is 24.2 Å². The molecule has 0 saturated heterocycles. The Morgan fingerprint density at radius 2 is 1.92 bits per heavy atom. The van der Waals surface area contributed by atoms with Crippen LogP contribution in [0.1, 0.15) is 35.4 Å². The number of carbonyl (C=O) groups excluding carboxylic acids is 2. The number of benzene rings is 1. The van der Waals surface area contributed by atoms with E-state index in [2.05, 4.69) is 10.6 Å². The number of nitrogens with one attached hydrogen (secondary N) is 2. The zero-order valence-corrected chi connectivity index (χ0v) is 13.6. The van der Waals surface area contributed by atoms with Crippen LogP contribution in [0.3, 0.4) is 0 Å². The van der Waals surface area contributed by atoms with Gasteiger partial charge in [-0.1, -0.05) is 30.3 Å². The molecule has 24 heavy (non-hydrogen) atoms. The third kappa shape index (κ3) is 4.96. The molecule has 1 aromatic carbocycles. The van der Waals surface area contributed by atoms with Crippen LogP contribution in [0.4, 0.5) is 0 Å². The van der Waals surface area contributed by atoms with Crippen molar-refractivity contribution in [2.75, 3.05) is 13.2 Å². The summed E-state index contributed by atoms with van der Waals surface area (Å²) < 4.78 is 4.99. The molecule has 6 nitrogen and oxygen atoms in total. The van der Waals surface area contributed by atoms with Crippen molar-refractivity contribution in [1.29, 1.82) is 0 Å². The molecular weight excluding hydrogens is 308 g/mol. The molecule has 0 aliphatic rings. The lowest BCUT2D eigenvalue weighted by Crippen LogP contribution is -2.45. The number of carbonyl (C=O) groups is 2. The van der Waals surface area contributed by atoms with Crippen molar-refractivity contribution in [3.63, 3.8) is 0 Å². The second kappa shape index (κ2) is 8.88. The summed E-state index contributed by atoms with van der Waals surface area (Å²) >= 11 is 0. The van der Waals surface area contributed by atoms with Gasteiger partial charge in [0.2, 0.25) is 5.91 Å². The number of aliphatic hydroxyl groups excluding tert-OH is 1. The summed E-state index contributed by atoms with van der Waals surface area (Å²) in [4.78, 5) is 24.0. The second-order valence-electron chi connectivity index (χ2n) is 5.54. The van der Waals surface area contributed by atoms with E-state index < -0.39 is 11.9 Å².